The summed E-state index contributed by atoms with van der Waals surface area (Å²) in [6, 6.07) is 12.9. The van der Waals surface area contributed by atoms with E-state index < -0.39 is 6.10 Å². The summed E-state index contributed by atoms with van der Waals surface area (Å²) in [4.78, 5) is 26.7. The Hall–Kier alpha value is -3.06. The highest BCUT2D eigenvalue weighted by Crippen LogP contribution is 2.32. The first-order chi connectivity index (χ1) is 13.7. The van der Waals surface area contributed by atoms with Gasteiger partial charge >= 0.3 is 0 Å². The van der Waals surface area contributed by atoms with Gasteiger partial charge in [0.05, 0.1) is 0 Å². The molecule has 2 heterocycles. The van der Waals surface area contributed by atoms with Crippen molar-refractivity contribution in [3.8, 4) is 11.5 Å². The van der Waals surface area contributed by atoms with Gasteiger partial charge in [0.25, 0.3) is 11.8 Å². The molecule has 0 fully saturated rings. The zero-order chi connectivity index (χ0) is 19.5. The van der Waals surface area contributed by atoms with E-state index in [1.807, 2.05) is 30.3 Å². The van der Waals surface area contributed by atoms with Crippen LogP contribution in [0.1, 0.15) is 12.0 Å². The van der Waals surface area contributed by atoms with Crippen LogP contribution in [0.15, 0.2) is 42.5 Å². The van der Waals surface area contributed by atoms with E-state index in [-0.39, 0.29) is 25.0 Å². The second-order valence-electron chi connectivity index (χ2n) is 6.78. The Labute approximate surface area is 163 Å². The molecule has 0 aliphatic carbocycles. The molecule has 0 saturated heterocycles. The van der Waals surface area contributed by atoms with Gasteiger partial charge in [-0.1, -0.05) is 18.2 Å². The number of carbonyl (C=O) groups is 2. The third-order valence-electron chi connectivity index (χ3n) is 4.84. The van der Waals surface area contributed by atoms with Crippen LogP contribution in [0.5, 0.6) is 11.5 Å². The predicted octanol–water partition coefficient (Wildman–Crippen LogP) is 2.39. The van der Waals surface area contributed by atoms with Crippen molar-refractivity contribution in [2.45, 2.75) is 18.9 Å². The molecule has 7 heteroatoms. The van der Waals surface area contributed by atoms with Crippen LogP contribution in [-0.2, 0) is 20.7 Å². The summed E-state index contributed by atoms with van der Waals surface area (Å²) in [6.07, 6.45) is 1.06. The van der Waals surface area contributed by atoms with Crippen molar-refractivity contribution < 1.29 is 23.8 Å². The number of para-hydroxylation sites is 2. The Morgan fingerprint density at radius 3 is 2.86 bits per heavy atom. The first kappa shape index (κ1) is 18.3. The van der Waals surface area contributed by atoms with E-state index in [2.05, 4.69) is 5.32 Å². The fourth-order valence-electron chi connectivity index (χ4n) is 3.48. The van der Waals surface area contributed by atoms with Gasteiger partial charge in [0.15, 0.2) is 11.5 Å². The number of hydrogen-bond donors (Lipinski definition) is 1. The van der Waals surface area contributed by atoms with Gasteiger partial charge in [-0.25, -0.2) is 0 Å². The van der Waals surface area contributed by atoms with E-state index in [1.54, 1.807) is 17.0 Å². The zero-order valence-corrected chi connectivity index (χ0v) is 15.6. The smallest absolute Gasteiger partial charge is 0.269 e. The first-order valence-electron chi connectivity index (χ1n) is 9.27. The number of methoxy groups -OCH3 is 1. The molecule has 4 rings (SSSR count). The summed E-state index contributed by atoms with van der Waals surface area (Å²) in [5.74, 6) is 0.802. The first-order valence-corrected chi connectivity index (χ1v) is 9.27. The van der Waals surface area contributed by atoms with Gasteiger partial charge in [-0.2, -0.15) is 0 Å². The Bertz CT molecular complexity index is 898. The molecule has 2 aromatic carbocycles. The number of fused-ring (bicyclic) bond motifs is 2. The molecule has 0 aromatic heterocycles. The average molecular weight is 382 g/mol. The van der Waals surface area contributed by atoms with E-state index in [4.69, 9.17) is 14.2 Å². The van der Waals surface area contributed by atoms with Gasteiger partial charge < -0.3 is 24.4 Å². The van der Waals surface area contributed by atoms with Gasteiger partial charge in [0, 0.05) is 25.0 Å². The molecule has 0 spiro atoms. The molecule has 146 valence electrons. The number of nitrogens with one attached hydrogen (secondary N) is 1. The number of nitrogens with zero attached hydrogens (tertiary/aromatic N) is 1. The topological polar surface area (TPSA) is 77.1 Å². The number of aryl methyl sites for hydroxylation is 1. The molecule has 2 aliphatic heterocycles. The Kier molecular flexibility index (Phi) is 5.16. The number of rotatable bonds is 4. The maximum absolute atomic E-state index is 12.6. The quantitative estimate of drug-likeness (QED) is 0.879. The second-order valence-corrected chi connectivity index (χ2v) is 6.78. The summed E-state index contributed by atoms with van der Waals surface area (Å²) >= 11 is 0. The average Bonchev–Trinajstić information content (AvgIpc) is 2.73. The zero-order valence-electron chi connectivity index (χ0n) is 15.6. The van der Waals surface area contributed by atoms with E-state index >= 15 is 0 Å². The lowest BCUT2D eigenvalue weighted by Crippen LogP contribution is -2.40. The van der Waals surface area contributed by atoms with Gasteiger partial charge in [0.2, 0.25) is 6.10 Å². The Balaban J connectivity index is 1.49. The SMILES string of the molecule is COCC(=O)N1CCCc2ccc(NC(=O)C3COc4ccccc4O3)cc21. The summed E-state index contributed by atoms with van der Waals surface area (Å²) in [5, 5.41) is 2.87. The van der Waals surface area contributed by atoms with Gasteiger partial charge in [0.1, 0.15) is 13.2 Å². The van der Waals surface area contributed by atoms with Crippen molar-refractivity contribution in [1.29, 1.82) is 0 Å². The molecule has 0 saturated carbocycles. The molecule has 1 atom stereocenters. The van der Waals surface area contributed by atoms with Crippen LogP contribution in [0.3, 0.4) is 0 Å². The van der Waals surface area contributed by atoms with E-state index in [0.29, 0.717) is 23.7 Å². The Morgan fingerprint density at radius 2 is 2.04 bits per heavy atom. The minimum atomic E-state index is -0.739. The maximum atomic E-state index is 12.6. The third kappa shape index (κ3) is 3.66. The van der Waals surface area contributed by atoms with Gasteiger partial charge in [-0.15, -0.1) is 0 Å². The number of amides is 2. The molecule has 0 bridgehead atoms. The van der Waals surface area contributed by atoms with Crippen LogP contribution >= 0.6 is 0 Å². The third-order valence-corrected chi connectivity index (χ3v) is 4.84. The molecule has 2 amide bonds. The number of carbonyl (C=O) groups excluding carboxylic acids is 2. The summed E-state index contributed by atoms with van der Waals surface area (Å²) < 4.78 is 16.3. The van der Waals surface area contributed by atoms with Crippen molar-refractivity contribution >= 4 is 23.2 Å². The van der Waals surface area contributed by atoms with Crippen molar-refractivity contribution in [1.82, 2.24) is 0 Å². The van der Waals surface area contributed by atoms with Crippen LogP contribution in [0, 0.1) is 0 Å². The molecular weight excluding hydrogens is 360 g/mol. The lowest BCUT2D eigenvalue weighted by atomic mass is 10.0. The molecule has 1 unspecified atom stereocenters. The van der Waals surface area contributed by atoms with Crippen LogP contribution in [-0.4, -0.2) is 44.8 Å². The molecule has 1 N–H and O–H groups in total. The van der Waals surface area contributed by atoms with Crippen molar-refractivity contribution in [3.63, 3.8) is 0 Å². The minimum Gasteiger partial charge on any atom is -0.485 e. The van der Waals surface area contributed by atoms with E-state index in [0.717, 1.165) is 24.1 Å². The fourth-order valence-corrected chi connectivity index (χ4v) is 3.48. The fraction of sp³-hybridized carbons (Fsp3) is 0.333. The normalized spacial score (nSPS) is 17.6. The summed E-state index contributed by atoms with van der Waals surface area (Å²) in [5.41, 5.74) is 2.51. The van der Waals surface area contributed by atoms with Gasteiger partial charge in [-0.3, -0.25) is 9.59 Å². The largest absolute Gasteiger partial charge is 0.485 e. The molecule has 2 aliphatic rings. The van der Waals surface area contributed by atoms with E-state index in [1.165, 1.54) is 7.11 Å². The lowest BCUT2D eigenvalue weighted by Gasteiger charge is -2.30. The van der Waals surface area contributed by atoms with Crippen LogP contribution in [0.2, 0.25) is 0 Å². The molecule has 28 heavy (non-hydrogen) atoms. The van der Waals surface area contributed by atoms with E-state index in [9.17, 15) is 9.59 Å². The monoisotopic (exact) mass is 382 g/mol. The number of anilines is 2. The summed E-state index contributed by atoms with van der Waals surface area (Å²) in [6.45, 7) is 0.817. The minimum absolute atomic E-state index is 0.0304. The van der Waals surface area contributed by atoms with Crippen LogP contribution < -0.4 is 19.7 Å². The summed E-state index contributed by atoms with van der Waals surface area (Å²) in [7, 11) is 1.50. The van der Waals surface area contributed by atoms with Crippen molar-refractivity contribution in [2.24, 2.45) is 0 Å². The van der Waals surface area contributed by atoms with Crippen LogP contribution in [0.25, 0.3) is 0 Å². The molecule has 2 aromatic rings. The van der Waals surface area contributed by atoms with Gasteiger partial charge in [-0.05, 0) is 42.7 Å². The highest BCUT2D eigenvalue weighted by atomic mass is 16.6. The maximum Gasteiger partial charge on any atom is 0.269 e. The van der Waals surface area contributed by atoms with Crippen molar-refractivity contribution in [2.75, 3.05) is 37.1 Å². The number of hydrogen-bond acceptors (Lipinski definition) is 5. The molecule has 7 nitrogen and oxygen atoms in total. The molecular formula is C21H22N2O5. The predicted molar refractivity (Wildman–Crippen MR) is 104 cm³/mol. The Morgan fingerprint density at radius 1 is 1.21 bits per heavy atom. The standard InChI is InChI=1S/C21H22N2O5/c1-26-13-20(24)23-10-4-5-14-8-9-15(11-16(14)23)22-21(25)19-12-27-17-6-2-3-7-18(17)28-19/h2-3,6-9,11,19H,4-5,10,12-13H2,1H3,(H,22,25). The lowest BCUT2D eigenvalue weighted by molar-refractivity contribution is -0.125. The highest BCUT2D eigenvalue weighted by Gasteiger charge is 2.28. The highest BCUT2D eigenvalue weighted by molar-refractivity contribution is 5.98. The van der Waals surface area contributed by atoms with Crippen LogP contribution in [0.4, 0.5) is 11.4 Å². The number of benzene rings is 2. The second kappa shape index (κ2) is 7.90. The molecule has 0 radical (unpaired) electrons. The number of ether oxygens (including phenoxy) is 3. The van der Waals surface area contributed by atoms with Crippen molar-refractivity contribution in [3.05, 3.63) is 48.0 Å².